The third-order valence-electron chi connectivity index (χ3n) is 2.99. The molecule has 1 N–H and O–H groups in total. The molecule has 5 heteroatoms. The number of nitrogens with one attached hydrogen (secondary N) is 1. The zero-order valence-corrected chi connectivity index (χ0v) is 13.0. The fraction of sp³-hybridized carbons (Fsp3) is 0.333. The fourth-order valence-corrected chi connectivity index (χ4v) is 1.94. The van der Waals surface area contributed by atoms with Crippen LogP contribution in [-0.4, -0.2) is 15.0 Å². The number of anilines is 1. The van der Waals surface area contributed by atoms with Gasteiger partial charge >= 0.3 is 0 Å². The molecule has 1 aromatic carbocycles. The average molecular weight is 289 g/mol. The maximum atomic E-state index is 11.2. The van der Waals surface area contributed by atoms with E-state index in [2.05, 4.69) is 43.8 Å². The number of aromatic nitrogens is 2. The summed E-state index contributed by atoms with van der Waals surface area (Å²) in [4.78, 5) is 11.2. The van der Waals surface area contributed by atoms with Gasteiger partial charge in [0.25, 0.3) is 5.24 Å². The normalized spacial score (nSPS) is 11.4. The van der Waals surface area contributed by atoms with E-state index in [1.165, 1.54) is 5.56 Å². The molecule has 0 radical (unpaired) electrons. The van der Waals surface area contributed by atoms with Crippen LogP contribution in [0.1, 0.15) is 32.0 Å². The molecule has 0 bridgehead atoms. The quantitative estimate of drug-likeness (QED) is 0.823. The second-order valence-corrected chi connectivity index (χ2v) is 6.25. The summed E-state index contributed by atoms with van der Waals surface area (Å²) >= 11 is 3.78. The van der Waals surface area contributed by atoms with Crippen LogP contribution in [0.2, 0.25) is 0 Å². The van der Waals surface area contributed by atoms with Gasteiger partial charge < -0.3 is 5.32 Å². The third-order valence-corrected chi connectivity index (χ3v) is 3.10. The lowest BCUT2D eigenvalue weighted by Crippen LogP contribution is -2.12. The van der Waals surface area contributed by atoms with Crippen LogP contribution in [0.15, 0.2) is 30.3 Å². The molecule has 0 unspecified atom stereocenters. The molecule has 1 amide bonds. The lowest BCUT2D eigenvalue weighted by atomic mass is 9.92. The number of aryl methyl sites for hydroxylation is 1. The highest BCUT2D eigenvalue weighted by Crippen LogP contribution is 2.26. The maximum Gasteiger partial charge on any atom is 0.281 e. The van der Waals surface area contributed by atoms with Crippen molar-refractivity contribution in [1.29, 1.82) is 0 Å². The Morgan fingerprint density at radius 3 is 2.35 bits per heavy atom. The number of rotatable bonds is 2. The molecule has 0 aliphatic rings. The summed E-state index contributed by atoms with van der Waals surface area (Å²) in [5.41, 5.74) is 2.90. The van der Waals surface area contributed by atoms with E-state index in [1.807, 2.05) is 37.3 Å². The topological polar surface area (TPSA) is 46.9 Å². The zero-order valence-electron chi connectivity index (χ0n) is 12.1. The summed E-state index contributed by atoms with van der Waals surface area (Å²) in [6.45, 7) is 8.28. The van der Waals surface area contributed by atoms with Crippen molar-refractivity contribution in [2.75, 3.05) is 5.32 Å². The van der Waals surface area contributed by atoms with Gasteiger partial charge in [0, 0.05) is 11.5 Å². The third kappa shape index (κ3) is 3.22. The van der Waals surface area contributed by atoms with Gasteiger partial charge in [0.15, 0.2) is 0 Å². The lowest BCUT2D eigenvalue weighted by Gasteiger charge is -2.14. The molecule has 0 saturated heterocycles. The van der Waals surface area contributed by atoms with Gasteiger partial charge in [0.1, 0.15) is 5.82 Å². The molecule has 106 valence electrons. The lowest BCUT2D eigenvalue weighted by molar-refractivity contribution is 0.270. The van der Waals surface area contributed by atoms with Crippen molar-refractivity contribution in [1.82, 2.24) is 9.78 Å². The maximum absolute atomic E-state index is 11.2. The highest BCUT2D eigenvalue weighted by atomic mass is 32.1. The van der Waals surface area contributed by atoms with E-state index in [-0.39, 0.29) is 5.41 Å². The molecule has 0 aliphatic carbocycles. The summed E-state index contributed by atoms with van der Waals surface area (Å²) in [5, 5.41) is 6.90. The van der Waals surface area contributed by atoms with Crippen LogP contribution in [0, 0.1) is 6.92 Å². The predicted octanol–water partition coefficient (Wildman–Crippen LogP) is 3.94. The summed E-state index contributed by atoms with van der Waals surface area (Å²) < 4.78 is 1.73. The molecule has 2 rings (SSSR count). The molecule has 0 spiro atoms. The van der Waals surface area contributed by atoms with Gasteiger partial charge in [-0.1, -0.05) is 51.1 Å². The van der Waals surface area contributed by atoms with Gasteiger partial charge in [0.05, 0.1) is 11.4 Å². The predicted molar refractivity (Wildman–Crippen MR) is 85.0 cm³/mol. The summed E-state index contributed by atoms with van der Waals surface area (Å²) in [6, 6.07) is 9.86. The molecule has 2 aromatic rings. The Bertz CT molecular complexity index is 624. The minimum absolute atomic E-state index is 0.0912. The van der Waals surface area contributed by atoms with Gasteiger partial charge in [-0.05, 0) is 19.1 Å². The van der Waals surface area contributed by atoms with Crippen molar-refractivity contribution < 1.29 is 4.79 Å². The smallest absolute Gasteiger partial charge is 0.281 e. The van der Waals surface area contributed by atoms with Crippen molar-refractivity contribution in [2.24, 2.45) is 0 Å². The SMILES string of the molecule is Cc1ccc(-n2nc(C(C)(C)C)cc2NC(=O)S)cc1. The van der Waals surface area contributed by atoms with Crippen LogP contribution in [0.25, 0.3) is 5.69 Å². The highest BCUT2D eigenvalue weighted by Gasteiger charge is 2.21. The Kier molecular flexibility index (Phi) is 3.90. The molecule has 0 saturated carbocycles. The number of nitrogens with zero attached hydrogens (tertiary/aromatic N) is 2. The number of carbonyl (C=O) groups is 1. The van der Waals surface area contributed by atoms with Crippen molar-refractivity contribution >= 4 is 23.7 Å². The van der Waals surface area contributed by atoms with Crippen molar-refractivity contribution in [2.45, 2.75) is 33.1 Å². The van der Waals surface area contributed by atoms with E-state index < -0.39 is 5.24 Å². The van der Waals surface area contributed by atoms with Gasteiger partial charge in [-0.2, -0.15) is 5.10 Å². The molecule has 0 aliphatic heterocycles. The molecule has 20 heavy (non-hydrogen) atoms. The van der Waals surface area contributed by atoms with Crippen LogP contribution in [0.3, 0.4) is 0 Å². The number of thiol groups is 1. The summed E-state index contributed by atoms with van der Waals surface area (Å²) in [7, 11) is 0. The Morgan fingerprint density at radius 2 is 1.85 bits per heavy atom. The first kappa shape index (κ1) is 14.7. The first-order valence-electron chi connectivity index (χ1n) is 6.45. The minimum atomic E-state index is -0.404. The van der Waals surface area contributed by atoms with Crippen LogP contribution >= 0.6 is 12.6 Å². The van der Waals surface area contributed by atoms with Crippen LogP contribution in [0.5, 0.6) is 0 Å². The number of amides is 1. The molecular weight excluding hydrogens is 270 g/mol. The summed E-state index contributed by atoms with van der Waals surface area (Å²) in [6.07, 6.45) is 0. The summed E-state index contributed by atoms with van der Waals surface area (Å²) in [5.74, 6) is 0.624. The van der Waals surface area contributed by atoms with E-state index in [9.17, 15) is 4.79 Å². The van der Waals surface area contributed by atoms with Gasteiger partial charge in [-0.3, -0.25) is 4.79 Å². The van der Waals surface area contributed by atoms with Gasteiger partial charge in [-0.15, -0.1) is 0 Å². The van der Waals surface area contributed by atoms with Crippen molar-refractivity contribution in [3.8, 4) is 5.69 Å². The van der Waals surface area contributed by atoms with E-state index in [4.69, 9.17) is 0 Å². The molecule has 0 atom stereocenters. The van der Waals surface area contributed by atoms with Crippen molar-refractivity contribution in [3.05, 3.63) is 41.6 Å². The van der Waals surface area contributed by atoms with E-state index in [0.29, 0.717) is 5.82 Å². The largest absolute Gasteiger partial charge is 0.301 e. The number of hydrogen-bond acceptors (Lipinski definition) is 2. The van der Waals surface area contributed by atoms with Crippen LogP contribution in [0.4, 0.5) is 10.6 Å². The standard InChI is InChI=1S/C15H19N3OS/c1-10-5-7-11(8-6-10)18-13(16-14(19)20)9-12(17-18)15(2,3)4/h5-9H,1-4H3,(H2,16,19,20). The fourth-order valence-electron chi connectivity index (χ4n) is 1.83. The average Bonchev–Trinajstić information content (AvgIpc) is 2.73. The van der Waals surface area contributed by atoms with E-state index in [1.54, 1.807) is 4.68 Å². The molecule has 1 heterocycles. The number of hydrogen-bond donors (Lipinski definition) is 2. The Balaban J connectivity index is 2.52. The van der Waals surface area contributed by atoms with Crippen LogP contribution < -0.4 is 5.32 Å². The number of benzene rings is 1. The van der Waals surface area contributed by atoms with E-state index >= 15 is 0 Å². The molecular formula is C15H19N3OS. The van der Waals surface area contributed by atoms with E-state index in [0.717, 1.165) is 11.4 Å². The second kappa shape index (κ2) is 5.32. The van der Waals surface area contributed by atoms with Crippen molar-refractivity contribution in [3.63, 3.8) is 0 Å². The molecule has 4 nitrogen and oxygen atoms in total. The minimum Gasteiger partial charge on any atom is -0.301 e. The highest BCUT2D eigenvalue weighted by molar-refractivity contribution is 7.96. The molecule has 1 aromatic heterocycles. The first-order chi connectivity index (χ1) is 9.27. The second-order valence-electron chi connectivity index (χ2n) is 5.84. The monoisotopic (exact) mass is 289 g/mol. The molecule has 0 fully saturated rings. The van der Waals surface area contributed by atoms with Crippen LogP contribution in [-0.2, 0) is 5.41 Å². The first-order valence-corrected chi connectivity index (χ1v) is 6.89. The Hall–Kier alpha value is -1.75. The Labute approximate surface area is 124 Å². The number of carbonyl (C=O) groups excluding carboxylic acids is 1. The van der Waals surface area contributed by atoms with Gasteiger partial charge in [-0.25, -0.2) is 4.68 Å². The zero-order chi connectivity index (χ0) is 14.9. The van der Waals surface area contributed by atoms with Gasteiger partial charge in [0.2, 0.25) is 0 Å². The Morgan fingerprint density at radius 1 is 1.25 bits per heavy atom.